The van der Waals surface area contributed by atoms with Crippen molar-refractivity contribution >= 4 is 54.0 Å². The number of hydrogen-bond acceptors (Lipinski definition) is 7. The van der Waals surface area contributed by atoms with E-state index < -0.39 is 31.8 Å². The maximum Gasteiger partial charge on any atom is 0.264 e. The summed E-state index contributed by atoms with van der Waals surface area (Å²) in [6.07, 6.45) is -1.21. The van der Waals surface area contributed by atoms with E-state index in [1.54, 1.807) is 41.2 Å². The summed E-state index contributed by atoms with van der Waals surface area (Å²) < 4.78 is 12.7. The molecule has 1 saturated heterocycles. The van der Waals surface area contributed by atoms with E-state index in [1.165, 1.54) is 6.92 Å². The number of methoxy groups -OCH3 is 1. The molecule has 0 unspecified atom stereocenters. The zero-order valence-corrected chi connectivity index (χ0v) is 33.5. The van der Waals surface area contributed by atoms with E-state index in [0.29, 0.717) is 34.9 Å². The summed E-state index contributed by atoms with van der Waals surface area (Å²) in [5.41, 5.74) is 3.15. The van der Waals surface area contributed by atoms with Crippen LogP contribution >= 0.6 is 11.6 Å². The molecular formula is C43H48ClN3O7Si. The zero-order valence-electron chi connectivity index (χ0n) is 31.8. The number of carbonyl (C=O) groups is 3. The average Bonchev–Trinajstić information content (AvgIpc) is 3.59. The number of fused-ring (bicyclic) bond motifs is 3. The van der Waals surface area contributed by atoms with Crippen molar-refractivity contribution in [3.05, 3.63) is 118 Å². The third kappa shape index (κ3) is 6.97. The van der Waals surface area contributed by atoms with Crippen LogP contribution in [0.4, 0.5) is 11.4 Å². The monoisotopic (exact) mass is 781 g/mol. The van der Waals surface area contributed by atoms with Gasteiger partial charge in [0.05, 0.1) is 52.6 Å². The molecule has 3 aliphatic heterocycles. The minimum Gasteiger partial charge on any atom is -0.497 e. The predicted molar refractivity (Wildman–Crippen MR) is 215 cm³/mol. The number of halogens is 1. The molecule has 288 valence electrons. The van der Waals surface area contributed by atoms with Crippen molar-refractivity contribution in [2.45, 2.75) is 82.3 Å². The Balaban J connectivity index is 1.28. The van der Waals surface area contributed by atoms with Gasteiger partial charge in [-0.1, -0.05) is 85.3 Å². The van der Waals surface area contributed by atoms with Gasteiger partial charge in [0.1, 0.15) is 11.9 Å². The normalized spacial score (nSPS) is 23.7. The Hall–Kier alpha value is -4.52. The van der Waals surface area contributed by atoms with Crippen LogP contribution in [-0.2, 0) is 44.2 Å². The molecular weight excluding hydrogens is 734 g/mol. The molecule has 1 fully saturated rings. The second kappa shape index (κ2) is 15.2. The maximum absolute atomic E-state index is 15.3. The summed E-state index contributed by atoms with van der Waals surface area (Å²) in [6, 6.07) is 28.3. The molecule has 4 aromatic rings. The number of ether oxygens (including phenoxy) is 2. The van der Waals surface area contributed by atoms with Crippen molar-refractivity contribution in [3.63, 3.8) is 0 Å². The lowest BCUT2D eigenvalue weighted by molar-refractivity contribution is -0.151. The van der Waals surface area contributed by atoms with E-state index in [0.717, 1.165) is 27.6 Å². The molecule has 55 heavy (non-hydrogen) atoms. The van der Waals surface area contributed by atoms with E-state index >= 15 is 4.79 Å². The Kier molecular flexibility index (Phi) is 10.7. The van der Waals surface area contributed by atoms with Crippen LogP contribution in [0.5, 0.6) is 5.75 Å². The number of nitrogens with zero attached hydrogens (tertiary/aromatic N) is 2. The third-order valence-corrected chi connectivity index (χ3v) is 16.6. The van der Waals surface area contributed by atoms with Crippen LogP contribution in [0.1, 0.15) is 42.5 Å². The fourth-order valence-corrected chi connectivity index (χ4v) is 13.3. The molecule has 3 aliphatic rings. The molecule has 12 heteroatoms. The van der Waals surface area contributed by atoms with E-state index in [1.807, 2.05) is 54.6 Å². The van der Waals surface area contributed by atoms with Gasteiger partial charge < -0.3 is 34.8 Å². The van der Waals surface area contributed by atoms with Crippen molar-refractivity contribution in [2.24, 2.45) is 5.92 Å². The van der Waals surface area contributed by atoms with Gasteiger partial charge in [-0.15, -0.1) is 0 Å². The van der Waals surface area contributed by atoms with E-state index in [-0.39, 0.29) is 48.9 Å². The van der Waals surface area contributed by atoms with Gasteiger partial charge >= 0.3 is 0 Å². The van der Waals surface area contributed by atoms with Gasteiger partial charge in [-0.2, -0.15) is 0 Å². The molecule has 1 spiro atoms. The Morgan fingerprint density at radius 1 is 1.04 bits per heavy atom. The van der Waals surface area contributed by atoms with E-state index in [2.05, 4.69) is 37.5 Å². The van der Waals surface area contributed by atoms with E-state index in [9.17, 15) is 19.8 Å². The highest BCUT2D eigenvalue weighted by molar-refractivity contribution is 6.91. The number of benzene rings is 4. The molecule has 6 atom stereocenters. The lowest BCUT2D eigenvalue weighted by Crippen LogP contribution is -2.52. The van der Waals surface area contributed by atoms with Crippen molar-refractivity contribution in [3.8, 4) is 5.75 Å². The van der Waals surface area contributed by atoms with Crippen LogP contribution in [0, 0.1) is 5.92 Å². The number of hydrogen-bond donors (Lipinski definition) is 3. The number of amides is 3. The van der Waals surface area contributed by atoms with Crippen LogP contribution in [0.2, 0.25) is 23.7 Å². The smallest absolute Gasteiger partial charge is 0.264 e. The van der Waals surface area contributed by atoms with Crippen molar-refractivity contribution < 1.29 is 34.1 Å². The summed E-state index contributed by atoms with van der Waals surface area (Å²) in [6.45, 7) is 8.42. The lowest BCUT2D eigenvalue weighted by atomic mass is 9.82. The largest absolute Gasteiger partial charge is 0.497 e. The predicted octanol–water partition coefficient (Wildman–Crippen LogP) is 5.77. The zero-order chi connectivity index (χ0) is 39.2. The lowest BCUT2D eigenvalue weighted by Gasteiger charge is -2.39. The van der Waals surface area contributed by atoms with E-state index in [4.69, 9.17) is 21.1 Å². The fraction of sp³-hybridized carbons (Fsp3) is 0.372. The third-order valence-electron chi connectivity index (χ3n) is 12.0. The van der Waals surface area contributed by atoms with Crippen LogP contribution in [0.25, 0.3) is 0 Å². The quantitative estimate of drug-likeness (QED) is 0.175. The molecule has 3 amide bonds. The Morgan fingerprint density at radius 2 is 1.76 bits per heavy atom. The molecule has 0 aromatic heterocycles. The molecule has 0 saturated carbocycles. The Morgan fingerprint density at radius 3 is 2.45 bits per heavy atom. The summed E-state index contributed by atoms with van der Waals surface area (Å²) in [7, 11) is -0.924. The molecule has 7 rings (SSSR count). The molecule has 3 heterocycles. The number of aliphatic hydroxyl groups is 2. The van der Waals surface area contributed by atoms with Gasteiger partial charge in [0.2, 0.25) is 5.91 Å². The first-order valence-electron chi connectivity index (χ1n) is 18.8. The van der Waals surface area contributed by atoms with Gasteiger partial charge in [0.15, 0.2) is 5.60 Å². The maximum atomic E-state index is 15.3. The summed E-state index contributed by atoms with van der Waals surface area (Å²) in [5.74, 6) is -0.521. The van der Waals surface area contributed by atoms with Gasteiger partial charge in [0, 0.05) is 28.7 Å². The Labute approximate surface area is 328 Å². The van der Waals surface area contributed by atoms with Crippen LogP contribution in [0.15, 0.2) is 91.0 Å². The number of nitrogens with one attached hydrogen (secondary N) is 1. The Bertz CT molecular complexity index is 2110. The second-order valence-corrected chi connectivity index (χ2v) is 20.7. The topological polar surface area (TPSA) is 129 Å². The molecule has 4 aromatic carbocycles. The first kappa shape index (κ1) is 38.7. The number of carbonyl (C=O) groups excluding carboxylic acids is 3. The molecule has 0 aliphatic carbocycles. The number of aliphatic hydroxyl groups excluding tert-OH is 2. The summed E-state index contributed by atoms with van der Waals surface area (Å²) in [4.78, 5) is 45.6. The van der Waals surface area contributed by atoms with Crippen molar-refractivity contribution in [1.29, 1.82) is 0 Å². The molecule has 3 N–H and O–H groups in total. The van der Waals surface area contributed by atoms with Crippen molar-refractivity contribution in [2.75, 3.05) is 23.9 Å². The standard InChI is InChI=1S/C43H48ClN3O7Si/c1-26-40(55(4,5)35-16-14-34(53-3)15-17-35)38(22-39(50)46-24-30-11-7-6-10-29(30)20-33(46)25-48)54-43(26)36-21-31(44)13-18-37(36)47(42(43)52)23-28-9-8-12-32(19-28)45-41(51)27(2)49/h6-19,21,26-27,33,38,40,48-49H,20,22-25H2,1-5H3,(H,45,51)/t26-,27+,33+,38+,40-,43+/m1/s1. The molecule has 0 bridgehead atoms. The van der Waals surface area contributed by atoms with Crippen LogP contribution in [0.3, 0.4) is 0 Å². The first-order chi connectivity index (χ1) is 26.3. The highest BCUT2D eigenvalue weighted by Gasteiger charge is 2.66. The number of anilines is 2. The highest BCUT2D eigenvalue weighted by atomic mass is 35.5. The second-order valence-electron chi connectivity index (χ2n) is 15.6. The summed E-state index contributed by atoms with van der Waals surface area (Å²) >= 11 is 6.70. The number of rotatable bonds is 10. The fourth-order valence-electron chi connectivity index (χ4n) is 9.15. The van der Waals surface area contributed by atoms with Gasteiger partial charge in [0.25, 0.3) is 11.8 Å². The minimum atomic E-state index is -2.56. The average molecular weight is 782 g/mol. The molecule has 10 nitrogen and oxygen atoms in total. The summed E-state index contributed by atoms with van der Waals surface area (Å²) in [5, 5.41) is 24.5. The van der Waals surface area contributed by atoms with Gasteiger partial charge in [-0.05, 0) is 78.0 Å². The van der Waals surface area contributed by atoms with Crippen LogP contribution in [-0.4, -0.2) is 72.9 Å². The van der Waals surface area contributed by atoms with Crippen LogP contribution < -0.4 is 20.1 Å². The van der Waals surface area contributed by atoms with Gasteiger partial charge in [-0.25, -0.2) is 0 Å². The van der Waals surface area contributed by atoms with Crippen molar-refractivity contribution in [1.82, 2.24) is 4.90 Å². The highest BCUT2D eigenvalue weighted by Crippen LogP contribution is 2.60. The minimum absolute atomic E-state index is 0.0379. The molecule has 0 radical (unpaired) electrons. The van der Waals surface area contributed by atoms with Gasteiger partial charge in [-0.3, -0.25) is 14.4 Å². The SMILES string of the molecule is COc1ccc([Si](C)(C)[C@H]2[C@H](CC(=O)N3Cc4ccccc4C[C@H]3CO)O[C@@]3(C(=O)N(Cc4cccc(NC(=O)[C@H](C)O)c4)c4ccc(Cl)cc43)[C@@H]2C)cc1. The first-order valence-corrected chi connectivity index (χ1v) is 22.2.